The highest BCUT2D eigenvalue weighted by molar-refractivity contribution is 9.10. The Bertz CT molecular complexity index is 1310. The molecule has 4 rings (SSSR count). The Hall–Kier alpha value is -3.63. The van der Waals surface area contributed by atoms with E-state index in [2.05, 4.69) is 15.9 Å². The normalized spacial score (nSPS) is 13.2. The van der Waals surface area contributed by atoms with Crippen molar-refractivity contribution in [1.82, 2.24) is 0 Å². The second-order valence-electron chi connectivity index (χ2n) is 8.74. The van der Waals surface area contributed by atoms with Crippen LogP contribution in [0.3, 0.4) is 0 Å². The Kier molecular flexibility index (Phi) is 8.85. The number of methoxy groups -OCH3 is 1. The van der Waals surface area contributed by atoms with Crippen LogP contribution in [-0.2, 0) is 22.7 Å². The summed E-state index contributed by atoms with van der Waals surface area (Å²) in [5, 5.41) is 9.90. The number of amides is 1. The molecule has 8 nitrogen and oxygen atoms in total. The molecule has 3 aromatic rings. The van der Waals surface area contributed by atoms with E-state index in [0.29, 0.717) is 53.6 Å². The van der Waals surface area contributed by atoms with E-state index in [-0.39, 0.29) is 30.4 Å². The van der Waals surface area contributed by atoms with Crippen molar-refractivity contribution in [2.45, 2.75) is 20.1 Å². The van der Waals surface area contributed by atoms with Crippen LogP contribution in [0.5, 0.6) is 11.5 Å². The molecule has 0 saturated carbocycles. The average Bonchev–Trinajstić information content (AvgIpc) is 2.91. The SMILES string of the molecule is COc1cc(CN(C(C)=O)c2ccc(N3CCOCC3)c(C(=O)O)c2)cc(Br)c1OCc1ccc(F)cc1. The number of ether oxygens (including phenoxy) is 3. The third-order valence-electron chi connectivity index (χ3n) is 6.18. The van der Waals surface area contributed by atoms with Gasteiger partial charge >= 0.3 is 5.97 Å². The van der Waals surface area contributed by atoms with Gasteiger partial charge in [0.2, 0.25) is 5.91 Å². The molecular formula is C28H28BrFN2O6. The summed E-state index contributed by atoms with van der Waals surface area (Å²) >= 11 is 3.53. The highest BCUT2D eigenvalue weighted by Gasteiger charge is 2.22. The first-order valence-electron chi connectivity index (χ1n) is 12.0. The summed E-state index contributed by atoms with van der Waals surface area (Å²) in [6.07, 6.45) is 0. The van der Waals surface area contributed by atoms with Crippen molar-refractivity contribution in [2.75, 3.05) is 43.2 Å². The van der Waals surface area contributed by atoms with Gasteiger partial charge < -0.3 is 29.1 Å². The number of carboxylic acids is 1. The van der Waals surface area contributed by atoms with E-state index in [1.54, 1.807) is 30.3 Å². The van der Waals surface area contributed by atoms with Crippen LogP contribution >= 0.6 is 15.9 Å². The molecule has 200 valence electrons. The van der Waals surface area contributed by atoms with Gasteiger partial charge in [-0.15, -0.1) is 0 Å². The predicted octanol–water partition coefficient (Wildman–Crippen LogP) is 5.26. The van der Waals surface area contributed by atoms with Gasteiger partial charge in [-0.05, 0) is 69.5 Å². The van der Waals surface area contributed by atoms with Crippen LogP contribution < -0.4 is 19.3 Å². The van der Waals surface area contributed by atoms with E-state index in [9.17, 15) is 19.1 Å². The third kappa shape index (κ3) is 6.43. The lowest BCUT2D eigenvalue weighted by Crippen LogP contribution is -2.37. The number of hydrogen-bond donors (Lipinski definition) is 1. The summed E-state index contributed by atoms with van der Waals surface area (Å²) in [7, 11) is 1.52. The number of carboxylic acid groups (broad SMARTS) is 1. The summed E-state index contributed by atoms with van der Waals surface area (Å²) in [4.78, 5) is 28.2. The lowest BCUT2D eigenvalue weighted by molar-refractivity contribution is -0.116. The van der Waals surface area contributed by atoms with Crippen LogP contribution in [0.4, 0.5) is 15.8 Å². The number of aromatic carboxylic acids is 1. The quantitative estimate of drug-likeness (QED) is 0.365. The van der Waals surface area contributed by atoms with Gasteiger partial charge in [-0.1, -0.05) is 12.1 Å². The minimum atomic E-state index is -1.07. The summed E-state index contributed by atoms with van der Waals surface area (Å²) < 4.78 is 30.7. The average molecular weight is 587 g/mol. The fraction of sp³-hybridized carbons (Fsp3) is 0.286. The van der Waals surface area contributed by atoms with Gasteiger partial charge in [0.15, 0.2) is 11.5 Å². The zero-order valence-corrected chi connectivity index (χ0v) is 22.7. The first-order chi connectivity index (χ1) is 18.3. The lowest BCUT2D eigenvalue weighted by Gasteiger charge is -2.31. The van der Waals surface area contributed by atoms with Gasteiger partial charge in [-0.2, -0.15) is 0 Å². The molecule has 0 radical (unpaired) electrons. The second kappa shape index (κ2) is 12.3. The molecule has 1 N–H and O–H groups in total. The van der Waals surface area contributed by atoms with Crippen molar-refractivity contribution in [3.05, 3.63) is 81.6 Å². The zero-order valence-electron chi connectivity index (χ0n) is 21.1. The number of benzene rings is 3. The van der Waals surface area contributed by atoms with Crippen molar-refractivity contribution in [3.63, 3.8) is 0 Å². The highest BCUT2D eigenvalue weighted by atomic mass is 79.9. The second-order valence-corrected chi connectivity index (χ2v) is 9.59. The molecule has 0 unspecified atom stereocenters. The number of nitrogens with zero attached hydrogens (tertiary/aromatic N) is 2. The molecule has 0 aromatic heterocycles. The van der Waals surface area contributed by atoms with Gasteiger partial charge in [-0.3, -0.25) is 4.79 Å². The molecule has 0 atom stereocenters. The number of anilines is 2. The molecule has 1 amide bonds. The first-order valence-corrected chi connectivity index (χ1v) is 12.8. The molecule has 1 heterocycles. The van der Waals surface area contributed by atoms with Gasteiger partial charge in [-0.25, -0.2) is 9.18 Å². The molecule has 1 aliphatic heterocycles. The van der Waals surface area contributed by atoms with Gasteiger partial charge in [0.05, 0.1) is 42.6 Å². The van der Waals surface area contributed by atoms with Crippen LogP contribution in [-0.4, -0.2) is 50.4 Å². The van der Waals surface area contributed by atoms with Crippen molar-refractivity contribution in [1.29, 1.82) is 0 Å². The summed E-state index contributed by atoms with van der Waals surface area (Å²) in [5.41, 5.74) is 2.73. The zero-order chi connectivity index (χ0) is 27.2. The standard InChI is InChI=1S/C28H28BrFN2O6/c1-18(33)32(22-7-8-25(23(15-22)28(34)35)31-9-11-37-12-10-31)16-20-13-24(29)27(26(14-20)36-2)38-17-19-3-5-21(30)6-4-19/h3-8,13-15H,9-12,16-17H2,1-2H3,(H,34,35). The lowest BCUT2D eigenvalue weighted by atomic mass is 10.1. The van der Waals surface area contributed by atoms with Crippen molar-refractivity contribution < 1.29 is 33.3 Å². The number of rotatable bonds is 9. The molecule has 1 saturated heterocycles. The minimum Gasteiger partial charge on any atom is -0.493 e. The minimum absolute atomic E-state index is 0.124. The largest absolute Gasteiger partial charge is 0.493 e. The summed E-state index contributed by atoms with van der Waals surface area (Å²) in [5.74, 6) is -0.707. The van der Waals surface area contributed by atoms with Crippen molar-refractivity contribution in [3.8, 4) is 11.5 Å². The molecule has 38 heavy (non-hydrogen) atoms. The van der Waals surface area contributed by atoms with Crippen LogP contribution in [0.1, 0.15) is 28.4 Å². The Morgan fingerprint density at radius 3 is 2.42 bits per heavy atom. The summed E-state index contributed by atoms with van der Waals surface area (Å²) in [6.45, 7) is 4.07. The Morgan fingerprint density at radius 1 is 1.08 bits per heavy atom. The van der Waals surface area contributed by atoms with Crippen molar-refractivity contribution in [2.24, 2.45) is 0 Å². The smallest absolute Gasteiger partial charge is 0.337 e. The van der Waals surface area contributed by atoms with E-state index < -0.39 is 5.97 Å². The van der Waals surface area contributed by atoms with E-state index >= 15 is 0 Å². The maximum absolute atomic E-state index is 13.2. The molecule has 1 fully saturated rings. The molecule has 10 heteroatoms. The summed E-state index contributed by atoms with van der Waals surface area (Å²) in [6, 6.07) is 14.6. The number of halogens is 2. The monoisotopic (exact) mass is 586 g/mol. The number of hydrogen-bond acceptors (Lipinski definition) is 6. The molecule has 1 aliphatic rings. The molecule has 0 aliphatic carbocycles. The van der Waals surface area contributed by atoms with E-state index in [4.69, 9.17) is 14.2 Å². The number of carbonyl (C=O) groups excluding carboxylic acids is 1. The van der Waals surface area contributed by atoms with Crippen LogP contribution in [0.25, 0.3) is 0 Å². The van der Waals surface area contributed by atoms with E-state index in [1.807, 2.05) is 11.0 Å². The molecular weight excluding hydrogens is 559 g/mol. The molecule has 3 aromatic carbocycles. The highest BCUT2D eigenvalue weighted by Crippen LogP contribution is 2.38. The topological polar surface area (TPSA) is 88.5 Å². The first kappa shape index (κ1) is 27.4. The van der Waals surface area contributed by atoms with Crippen molar-refractivity contribution >= 4 is 39.2 Å². The third-order valence-corrected chi connectivity index (χ3v) is 6.77. The Morgan fingerprint density at radius 2 is 1.79 bits per heavy atom. The Balaban J connectivity index is 1.58. The fourth-order valence-electron chi connectivity index (χ4n) is 4.25. The Labute approximate surface area is 228 Å². The van der Waals surface area contributed by atoms with Gasteiger partial charge in [0.25, 0.3) is 0 Å². The maximum atomic E-state index is 13.2. The van der Waals surface area contributed by atoms with Gasteiger partial charge in [0, 0.05) is 25.7 Å². The molecule has 0 bridgehead atoms. The van der Waals surface area contributed by atoms with E-state index in [0.717, 1.165) is 11.1 Å². The van der Waals surface area contributed by atoms with Crippen LogP contribution in [0.2, 0.25) is 0 Å². The van der Waals surface area contributed by atoms with Crippen LogP contribution in [0, 0.1) is 5.82 Å². The van der Waals surface area contributed by atoms with Gasteiger partial charge in [0.1, 0.15) is 12.4 Å². The number of morpholine rings is 1. The maximum Gasteiger partial charge on any atom is 0.337 e. The number of carbonyl (C=O) groups is 2. The predicted molar refractivity (Wildman–Crippen MR) is 145 cm³/mol. The van der Waals surface area contributed by atoms with Crippen LogP contribution in [0.15, 0.2) is 59.1 Å². The fourth-order valence-corrected chi connectivity index (χ4v) is 4.85. The molecule has 0 spiro atoms. The van der Waals surface area contributed by atoms with E-state index in [1.165, 1.54) is 37.1 Å².